The van der Waals surface area contributed by atoms with Crippen LogP contribution in [0.1, 0.15) is 168 Å². The maximum absolute atomic E-state index is 6.20. The van der Waals surface area contributed by atoms with Gasteiger partial charge in [0.2, 0.25) is 0 Å². The zero-order valence-electron chi connectivity index (χ0n) is 26.6. The first kappa shape index (κ1) is 36.4. The fourth-order valence-corrected chi connectivity index (χ4v) is 5.42. The van der Waals surface area contributed by atoms with Gasteiger partial charge in [-0.25, -0.2) is 0 Å². The van der Waals surface area contributed by atoms with Crippen LogP contribution in [-0.2, 0) is 9.47 Å². The van der Waals surface area contributed by atoms with E-state index in [1.165, 1.54) is 154 Å². The third kappa shape index (κ3) is 24.8. The van der Waals surface area contributed by atoms with Crippen LogP contribution in [-0.4, -0.2) is 38.5 Å². The second-order valence-corrected chi connectivity index (χ2v) is 11.9. The molecule has 1 N–H and O–H groups in total. The molecule has 1 fully saturated rings. The molecule has 0 aromatic rings. The summed E-state index contributed by atoms with van der Waals surface area (Å²) >= 11 is 0. The quantitative estimate of drug-likeness (QED) is 0.0716. The molecule has 3 heteroatoms. The van der Waals surface area contributed by atoms with Gasteiger partial charge < -0.3 is 14.8 Å². The molecular weight excluding hydrogens is 478 g/mol. The van der Waals surface area contributed by atoms with Crippen molar-refractivity contribution in [2.45, 2.75) is 180 Å². The first-order chi connectivity index (χ1) is 19.4. The first-order valence-electron chi connectivity index (χ1n) is 17.6. The molecule has 3 nitrogen and oxygen atoms in total. The van der Waals surface area contributed by atoms with Gasteiger partial charge in [0.15, 0.2) is 0 Å². The number of hydrogen-bond donors (Lipinski definition) is 1. The fourth-order valence-electron chi connectivity index (χ4n) is 5.42. The number of unbranched alkanes of at least 4 members (excludes halogenated alkanes) is 20. The van der Waals surface area contributed by atoms with E-state index in [1.807, 2.05) is 0 Å². The average Bonchev–Trinajstić information content (AvgIpc) is 3.40. The minimum absolute atomic E-state index is 0.249. The molecule has 1 aliphatic heterocycles. The van der Waals surface area contributed by atoms with E-state index in [0.29, 0.717) is 0 Å². The van der Waals surface area contributed by atoms with Gasteiger partial charge in [-0.05, 0) is 64.2 Å². The zero-order chi connectivity index (χ0) is 27.9. The van der Waals surface area contributed by atoms with Gasteiger partial charge in [0, 0.05) is 26.3 Å². The highest BCUT2D eigenvalue weighted by Crippen LogP contribution is 2.14. The van der Waals surface area contributed by atoms with Crippen LogP contribution < -0.4 is 5.32 Å². The van der Waals surface area contributed by atoms with E-state index in [0.717, 1.165) is 26.3 Å². The number of ether oxygens (including phenoxy) is 2. The predicted octanol–water partition coefficient (Wildman–Crippen LogP) is 10.9. The molecule has 0 aromatic heterocycles. The summed E-state index contributed by atoms with van der Waals surface area (Å²) in [4.78, 5) is 0. The monoisotopic (exact) mass is 548 g/mol. The van der Waals surface area contributed by atoms with E-state index < -0.39 is 0 Å². The SMILES string of the molecule is CCCCCC/C=C\CCCCCCCCOC1CNCC1OCCCCCCCC/C=C\CCCCCC. The zero-order valence-corrected chi connectivity index (χ0v) is 26.6. The van der Waals surface area contributed by atoms with Crippen LogP contribution in [0.25, 0.3) is 0 Å². The van der Waals surface area contributed by atoms with Gasteiger partial charge in [-0.3, -0.25) is 0 Å². The van der Waals surface area contributed by atoms with Crippen molar-refractivity contribution in [3.63, 3.8) is 0 Å². The third-order valence-corrected chi connectivity index (χ3v) is 8.08. The smallest absolute Gasteiger partial charge is 0.0973 e. The highest BCUT2D eigenvalue weighted by molar-refractivity contribution is 4.83. The minimum Gasteiger partial charge on any atom is -0.374 e. The molecule has 0 amide bonds. The van der Waals surface area contributed by atoms with E-state index >= 15 is 0 Å². The Morgan fingerprint density at radius 3 is 1.10 bits per heavy atom. The lowest BCUT2D eigenvalue weighted by Gasteiger charge is -2.20. The summed E-state index contributed by atoms with van der Waals surface area (Å²) < 4.78 is 12.4. The summed E-state index contributed by atoms with van der Waals surface area (Å²) in [5.74, 6) is 0. The Morgan fingerprint density at radius 1 is 0.436 bits per heavy atom. The Balaban J connectivity index is 1.84. The molecule has 1 saturated heterocycles. The topological polar surface area (TPSA) is 30.5 Å². The predicted molar refractivity (Wildman–Crippen MR) is 173 cm³/mol. The van der Waals surface area contributed by atoms with Crippen LogP contribution in [0.5, 0.6) is 0 Å². The molecule has 0 aliphatic carbocycles. The minimum atomic E-state index is 0.249. The Labute approximate surface area is 245 Å². The van der Waals surface area contributed by atoms with Gasteiger partial charge in [-0.15, -0.1) is 0 Å². The van der Waals surface area contributed by atoms with Crippen LogP contribution in [0.4, 0.5) is 0 Å². The molecular formula is C36H69NO2. The standard InChI is InChI=1S/C36H69NO2/c1-3-5-7-9-11-13-15-17-19-21-23-25-27-29-31-38-35-33-37-34-36(35)39-32-30-28-26-24-22-20-18-16-14-12-10-8-6-4-2/h13-16,35-37H,3-12,17-34H2,1-2H3/b15-13-,16-14-. The van der Waals surface area contributed by atoms with Crippen molar-refractivity contribution in [2.75, 3.05) is 26.3 Å². The van der Waals surface area contributed by atoms with E-state index in [1.54, 1.807) is 0 Å². The van der Waals surface area contributed by atoms with Gasteiger partial charge in [0.1, 0.15) is 0 Å². The highest BCUT2D eigenvalue weighted by atomic mass is 16.5. The molecule has 2 atom stereocenters. The maximum Gasteiger partial charge on any atom is 0.0973 e. The molecule has 0 radical (unpaired) electrons. The molecule has 1 heterocycles. The van der Waals surface area contributed by atoms with Crippen molar-refractivity contribution in [2.24, 2.45) is 0 Å². The lowest BCUT2D eigenvalue weighted by atomic mass is 10.1. The van der Waals surface area contributed by atoms with Gasteiger partial charge in [0.25, 0.3) is 0 Å². The summed E-state index contributed by atoms with van der Waals surface area (Å²) in [7, 11) is 0. The second kappa shape index (κ2) is 30.3. The van der Waals surface area contributed by atoms with Crippen LogP contribution in [0.2, 0.25) is 0 Å². The first-order valence-corrected chi connectivity index (χ1v) is 17.6. The van der Waals surface area contributed by atoms with Crippen LogP contribution >= 0.6 is 0 Å². The average molecular weight is 548 g/mol. The Hall–Kier alpha value is -0.640. The van der Waals surface area contributed by atoms with Gasteiger partial charge in [0.05, 0.1) is 12.2 Å². The van der Waals surface area contributed by atoms with Crippen LogP contribution in [0.15, 0.2) is 24.3 Å². The van der Waals surface area contributed by atoms with Gasteiger partial charge in [-0.1, -0.05) is 128 Å². The summed E-state index contributed by atoms with van der Waals surface area (Å²) in [5, 5.41) is 3.47. The Morgan fingerprint density at radius 2 is 0.744 bits per heavy atom. The number of rotatable bonds is 30. The highest BCUT2D eigenvalue weighted by Gasteiger charge is 2.28. The summed E-state index contributed by atoms with van der Waals surface area (Å²) in [6.45, 7) is 8.24. The molecule has 0 bridgehead atoms. The molecule has 230 valence electrons. The third-order valence-electron chi connectivity index (χ3n) is 8.08. The van der Waals surface area contributed by atoms with Crippen LogP contribution in [0, 0.1) is 0 Å². The summed E-state index contributed by atoms with van der Waals surface area (Å²) in [6, 6.07) is 0. The number of nitrogens with one attached hydrogen (secondary N) is 1. The lowest BCUT2D eigenvalue weighted by Crippen LogP contribution is -2.30. The van der Waals surface area contributed by atoms with Crippen LogP contribution in [0.3, 0.4) is 0 Å². The fraction of sp³-hybridized carbons (Fsp3) is 0.889. The molecule has 0 aromatic carbocycles. The van der Waals surface area contributed by atoms with Crippen molar-refractivity contribution in [3.8, 4) is 0 Å². The molecule has 1 rings (SSSR count). The molecule has 2 unspecified atom stereocenters. The number of allylic oxidation sites excluding steroid dienone is 4. The normalized spacial score (nSPS) is 17.8. The van der Waals surface area contributed by atoms with E-state index in [2.05, 4.69) is 43.5 Å². The van der Waals surface area contributed by atoms with Gasteiger partial charge in [-0.2, -0.15) is 0 Å². The molecule has 39 heavy (non-hydrogen) atoms. The van der Waals surface area contributed by atoms with E-state index in [9.17, 15) is 0 Å². The summed E-state index contributed by atoms with van der Waals surface area (Å²) in [6.07, 6.45) is 42.1. The van der Waals surface area contributed by atoms with E-state index in [4.69, 9.17) is 9.47 Å². The number of hydrogen-bond acceptors (Lipinski definition) is 3. The molecule has 1 aliphatic rings. The largest absolute Gasteiger partial charge is 0.374 e. The van der Waals surface area contributed by atoms with Crippen molar-refractivity contribution in [1.82, 2.24) is 5.32 Å². The van der Waals surface area contributed by atoms with Gasteiger partial charge >= 0.3 is 0 Å². The lowest BCUT2D eigenvalue weighted by molar-refractivity contribution is -0.0481. The van der Waals surface area contributed by atoms with Crippen molar-refractivity contribution >= 4 is 0 Å². The maximum atomic E-state index is 6.20. The van der Waals surface area contributed by atoms with Crippen molar-refractivity contribution < 1.29 is 9.47 Å². The Bertz CT molecular complexity index is 486. The van der Waals surface area contributed by atoms with E-state index in [-0.39, 0.29) is 12.2 Å². The van der Waals surface area contributed by atoms with Crippen molar-refractivity contribution in [3.05, 3.63) is 24.3 Å². The summed E-state index contributed by atoms with van der Waals surface area (Å²) in [5.41, 5.74) is 0. The second-order valence-electron chi connectivity index (χ2n) is 11.9. The molecule has 0 saturated carbocycles. The Kier molecular flexibility index (Phi) is 28.3. The molecule has 0 spiro atoms. The van der Waals surface area contributed by atoms with Crippen molar-refractivity contribution in [1.29, 1.82) is 0 Å².